The van der Waals surface area contributed by atoms with Gasteiger partial charge in [0.15, 0.2) is 0 Å². The van der Waals surface area contributed by atoms with E-state index in [1.54, 1.807) is 17.0 Å². The molecule has 1 aromatic heterocycles. The molecule has 0 radical (unpaired) electrons. The summed E-state index contributed by atoms with van der Waals surface area (Å²) in [5.74, 6) is 0.569. The molecule has 1 aliphatic heterocycles. The average Bonchev–Trinajstić information content (AvgIpc) is 2.97. The van der Waals surface area contributed by atoms with Crippen molar-refractivity contribution in [2.24, 2.45) is 5.92 Å². The highest BCUT2D eigenvalue weighted by Gasteiger charge is 2.33. The molecule has 2 aromatic rings. The van der Waals surface area contributed by atoms with E-state index in [-0.39, 0.29) is 11.5 Å². The summed E-state index contributed by atoms with van der Waals surface area (Å²) >= 11 is 0. The van der Waals surface area contributed by atoms with E-state index in [0.717, 1.165) is 24.2 Å². The number of aromatic nitrogens is 2. The van der Waals surface area contributed by atoms with Gasteiger partial charge in [0, 0.05) is 32.1 Å². The largest absolute Gasteiger partial charge is 0.341 e. The van der Waals surface area contributed by atoms with Crippen LogP contribution in [0, 0.1) is 12.8 Å². The van der Waals surface area contributed by atoms with Gasteiger partial charge in [0.1, 0.15) is 0 Å². The third kappa shape index (κ3) is 3.44. The van der Waals surface area contributed by atoms with Gasteiger partial charge in [0.25, 0.3) is 5.56 Å². The minimum Gasteiger partial charge on any atom is -0.341 e. The Morgan fingerprint density at radius 3 is 2.76 bits per heavy atom. The van der Waals surface area contributed by atoms with Crippen LogP contribution in [0.3, 0.4) is 0 Å². The minimum atomic E-state index is -0.0811. The number of carbonyl (C=O) groups is 1. The van der Waals surface area contributed by atoms with Gasteiger partial charge in [-0.2, -0.15) is 0 Å². The Labute approximate surface area is 148 Å². The number of amides is 1. The zero-order chi connectivity index (χ0) is 18.1. The van der Waals surface area contributed by atoms with Crippen LogP contribution in [-0.4, -0.2) is 58.5 Å². The van der Waals surface area contributed by atoms with E-state index >= 15 is 0 Å². The normalized spacial score (nSPS) is 20.6. The number of fused-ring (bicyclic) bond motifs is 1. The standard InChI is InChI=1S/C19H26N4O2/c1-13-6-5-7-15-18(13)20-12-22(19(15)25)9-8-17(24)23-10-14(2)16(11-23)21(3)4/h5-7,12,14,16H,8-11H2,1-4H3. The molecule has 6 nitrogen and oxygen atoms in total. The van der Waals surface area contributed by atoms with Crippen molar-refractivity contribution in [3.8, 4) is 0 Å². The van der Waals surface area contributed by atoms with Crippen molar-refractivity contribution >= 4 is 16.8 Å². The van der Waals surface area contributed by atoms with Gasteiger partial charge in [-0.15, -0.1) is 0 Å². The maximum absolute atomic E-state index is 12.6. The maximum atomic E-state index is 12.6. The van der Waals surface area contributed by atoms with Crippen molar-refractivity contribution in [2.75, 3.05) is 27.2 Å². The lowest BCUT2D eigenvalue weighted by Crippen LogP contribution is -2.36. The molecule has 0 aliphatic carbocycles. The van der Waals surface area contributed by atoms with Crippen molar-refractivity contribution in [3.05, 3.63) is 40.4 Å². The number of likely N-dealkylation sites (N-methyl/N-ethyl adjacent to an activating group) is 1. The zero-order valence-corrected chi connectivity index (χ0v) is 15.4. The number of nitrogens with zero attached hydrogens (tertiary/aromatic N) is 4. The Morgan fingerprint density at radius 2 is 2.08 bits per heavy atom. The fourth-order valence-corrected chi connectivity index (χ4v) is 3.70. The van der Waals surface area contributed by atoms with Crippen molar-refractivity contribution in [3.63, 3.8) is 0 Å². The molecule has 1 amide bonds. The first-order valence-corrected chi connectivity index (χ1v) is 8.77. The number of rotatable bonds is 4. The highest BCUT2D eigenvalue weighted by Crippen LogP contribution is 2.20. The molecule has 1 saturated heterocycles. The number of hydrogen-bond donors (Lipinski definition) is 0. The molecule has 1 aromatic carbocycles. The fraction of sp³-hybridized carbons (Fsp3) is 0.526. The monoisotopic (exact) mass is 342 g/mol. The molecule has 2 heterocycles. The van der Waals surface area contributed by atoms with Crippen molar-refractivity contribution < 1.29 is 4.79 Å². The zero-order valence-electron chi connectivity index (χ0n) is 15.4. The van der Waals surface area contributed by atoms with Crippen LogP contribution in [0.2, 0.25) is 0 Å². The predicted octanol–water partition coefficient (Wildman–Crippen LogP) is 1.50. The highest BCUT2D eigenvalue weighted by molar-refractivity contribution is 5.80. The van der Waals surface area contributed by atoms with Crippen LogP contribution in [0.15, 0.2) is 29.3 Å². The van der Waals surface area contributed by atoms with E-state index < -0.39 is 0 Å². The van der Waals surface area contributed by atoms with Crippen LogP contribution in [0.4, 0.5) is 0 Å². The molecule has 3 rings (SSSR count). The van der Waals surface area contributed by atoms with Crippen molar-refractivity contribution in [1.29, 1.82) is 0 Å². The molecular weight excluding hydrogens is 316 g/mol. The average molecular weight is 342 g/mol. The van der Waals surface area contributed by atoms with Crippen LogP contribution in [-0.2, 0) is 11.3 Å². The molecule has 2 unspecified atom stereocenters. The first-order valence-electron chi connectivity index (χ1n) is 8.77. The molecule has 1 fully saturated rings. The summed E-state index contributed by atoms with van der Waals surface area (Å²) in [6, 6.07) is 6.00. The van der Waals surface area contributed by atoms with Gasteiger partial charge in [0.2, 0.25) is 5.91 Å². The Kier molecular flexibility index (Phi) is 4.90. The Balaban J connectivity index is 1.70. The summed E-state index contributed by atoms with van der Waals surface area (Å²) < 4.78 is 1.54. The van der Waals surface area contributed by atoms with Crippen LogP contribution in [0.1, 0.15) is 18.9 Å². The van der Waals surface area contributed by atoms with Crippen molar-refractivity contribution in [1.82, 2.24) is 19.4 Å². The van der Waals surface area contributed by atoms with Crippen LogP contribution >= 0.6 is 0 Å². The van der Waals surface area contributed by atoms with E-state index in [9.17, 15) is 9.59 Å². The smallest absolute Gasteiger partial charge is 0.261 e. The van der Waals surface area contributed by atoms with Gasteiger partial charge in [0.05, 0.1) is 17.2 Å². The third-order valence-corrected chi connectivity index (χ3v) is 5.21. The van der Waals surface area contributed by atoms with Gasteiger partial charge < -0.3 is 9.80 Å². The number of hydrogen-bond acceptors (Lipinski definition) is 4. The van der Waals surface area contributed by atoms with Gasteiger partial charge in [-0.1, -0.05) is 19.1 Å². The van der Waals surface area contributed by atoms with E-state index in [0.29, 0.717) is 30.3 Å². The maximum Gasteiger partial charge on any atom is 0.261 e. The van der Waals surface area contributed by atoms with Gasteiger partial charge in [-0.25, -0.2) is 4.98 Å². The summed E-state index contributed by atoms with van der Waals surface area (Å²) in [5, 5.41) is 0.609. The Hall–Kier alpha value is -2.21. The number of aryl methyl sites for hydroxylation is 2. The molecule has 2 atom stereocenters. The molecule has 1 aliphatic rings. The van der Waals surface area contributed by atoms with E-state index in [1.807, 2.05) is 24.0 Å². The van der Waals surface area contributed by atoms with E-state index in [1.165, 1.54) is 0 Å². The summed E-state index contributed by atoms with van der Waals surface area (Å²) in [7, 11) is 4.11. The lowest BCUT2D eigenvalue weighted by atomic mass is 10.1. The first-order chi connectivity index (χ1) is 11.9. The van der Waals surface area contributed by atoms with Crippen LogP contribution < -0.4 is 5.56 Å². The quantitative estimate of drug-likeness (QED) is 0.845. The van der Waals surface area contributed by atoms with E-state index in [4.69, 9.17) is 0 Å². The van der Waals surface area contributed by atoms with Crippen LogP contribution in [0.5, 0.6) is 0 Å². The Bertz CT molecular complexity index is 843. The summed E-state index contributed by atoms with van der Waals surface area (Å²) in [6.45, 7) is 6.03. The minimum absolute atomic E-state index is 0.0811. The molecule has 0 spiro atoms. The molecule has 0 bridgehead atoms. The summed E-state index contributed by atoms with van der Waals surface area (Å²) in [6.07, 6.45) is 1.88. The highest BCUT2D eigenvalue weighted by atomic mass is 16.2. The molecule has 25 heavy (non-hydrogen) atoms. The topological polar surface area (TPSA) is 58.4 Å². The SMILES string of the molecule is Cc1cccc2c(=O)n(CCC(=O)N3CC(C)C(N(C)C)C3)cnc12. The second kappa shape index (κ2) is 6.96. The summed E-state index contributed by atoms with van der Waals surface area (Å²) in [5.41, 5.74) is 1.64. The van der Waals surface area contributed by atoms with Gasteiger partial charge in [-0.3, -0.25) is 14.2 Å². The molecule has 0 N–H and O–H groups in total. The molecule has 0 saturated carbocycles. The van der Waals surface area contributed by atoms with Gasteiger partial charge >= 0.3 is 0 Å². The number of likely N-dealkylation sites (tertiary alicyclic amines) is 1. The number of benzene rings is 1. The number of carbonyl (C=O) groups excluding carboxylic acids is 1. The lowest BCUT2D eigenvalue weighted by Gasteiger charge is -2.22. The Morgan fingerprint density at radius 1 is 1.32 bits per heavy atom. The molecule has 134 valence electrons. The second-order valence-electron chi connectivity index (χ2n) is 7.27. The lowest BCUT2D eigenvalue weighted by molar-refractivity contribution is -0.130. The first kappa shape index (κ1) is 17.6. The van der Waals surface area contributed by atoms with Gasteiger partial charge in [-0.05, 0) is 38.6 Å². The predicted molar refractivity (Wildman–Crippen MR) is 98.6 cm³/mol. The molecule has 6 heteroatoms. The van der Waals surface area contributed by atoms with Crippen LogP contribution in [0.25, 0.3) is 10.9 Å². The number of para-hydroxylation sites is 1. The van der Waals surface area contributed by atoms with E-state index in [2.05, 4.69) is 30.9 Å². The fourth-order valence-electron chi connectivity index (χ4n) is 3.70. The van der Waals surface area contributed by atoms with Crippen molar-refractivity contribution in [2.45, 2.75) is 32.9 Å². The third-order valence-electron chi connectivity index (χ3n) is 5.21. The summed E-state index contributed by atoms with van der Waals surface area (Å²) in [4.78, 5) is 33.6. The molecular formula is C19H26N4O2. The second-order valence-corrected chi connectivity index (χ2v) is 7.27.